The molecule has 0 spiro atoms. The van der Waals surface area contributed by atoms with E-state index in [4.69, 9.17) is 14.6 Å². The van der Waals surface area contributed by atoms with Crippen LogP contribution in [0.4, 0.5) is 0 Å². The Morgan fingerprint density at radius 1 is 1.16 bits per heavy atom. The molecular formula is C14H18N2O3. The Labute approximate surface area is 112 Å². The molecule has 0 aliphatic rings. The molecule has 0 fully saturated rings. The van der Waals surface area contributed by atoms with E-state index in [2.05, 4.69) is 5.10 Å². The van der Waals surface area contributed by atoms with Gasteiger partial charge in [-0.2, -0.15) is 5.10 Å². The van der Waals surface area contributed by atoms with Crippen LogP contribution in [0.15, 0.2) is 30.5 Å². The topological polar surface area (TPSA) is 56.5 Å². The first-order chi connectivity index (χ1) is 9.28. The van der Waals surface area contributed by atoms with Gasteiger partial charge in [0.05, 0.1) is 19.9 Å². The van der Waals surface area contributed by atoms with Gasteiger partial charge in [-0.3, -0.25) is 4.68 Å². The summed E-state index contributed by atoms with van der Waals surface area (Å²) in [5.74, 6) is 1.39. The highest BCUT2D eigenvalue weighted by Crippen LogP contribution is 2.31. The smallest absolute Gasteiger partial charge is 0.161 e. The van der Waals surface area contributed by atoms with E-state index in [1.807, 2.05) is 35.1 Å². The predicted molar refractivity (Wildman–Crippen MR) is 72.5 cm³/mol. The quantitative estimate of drug-likeness (QED) is 0.864. The number of aliphatic hydroxyl groups excluding tert-OH is 1. The van der Waals surface area contributed by atoms with E-state index < -0.39 is 0 Å². The second kappa shape index (κ2) is 6.24. The van der Waals surface area contributed by atoms with Gasteiger partial charge in [0.25, 0.3) is 0 Å². The van der Waals surface area contributed by atoms with E-state index >= 15 is 0 Å². The van der Waals surface area contributed by atoms with Crippen LogP contribution in [0.5, 0.6) is 11.5 Å². The van der Waals surface area contributed by atoms with Crippen molar-refractivity contribution < 1.29 is 14.6 Å². The molecule has 0 atom stereocenters. The summed E-state index contributed by atoms with van der Waals surface area (Å²) in [6, 6.07) is 7.65. The number of ether oxygens (including phenoxy) is 2. The molecule has 2 rings (SSSR count). The Morgan fingerprint density at radius 2 is 1.95 bits per heavy atom. The Kier molecular flexibility index (Phi) is 4.41. The molecule has 1 aromatic carbocycles. The number of nitrogens with zero attached hydrogens (tertiary/aromatic N) is 2. The number of rotatable bonds is 6. The molecule has 19 heavy (non-hydrogen) atoms. The van der Waals surface area contributed by atoms with Crippen molar-refractivity contribution in [3.63, 3.8) is 0 Å². The molecule has 102 valence electrons. The maximum absolute atomic E-state index is 8.81. The van der Waals surface area contributed by atoms with Gasteiger partial charge in [-0.15, -0.1) is 0 Å². The zero-order chi connectivity index (χ0) is 13.7. The van der Waals surface area contributed by atoms with Crippen LogP contribution in [0, 0.1) is 0 Å². The normalized spacial score (nSPS) is 10.5. The molecule has 0 saturated heterocycles. The third-order valence-corrected chi connectivity index (χ3v) is 2.87. The first-order valence-corrected chi connectivity index (χ1v) is 6.15. The summed E-state index contributed by atoms with van der Waals surface area (Å²) in [5, 5.41) is 13.3. The molecule has 5 nitrogen and oxygen atoms in total. The van der Waals surface area contributed by atoms with Gasteiger partial charge in [0, 0.05) is 24.9 Å². The lowest BCUT2D eigenvalue weighted by Crippen LogP contribution is -2.00. The van der Waals surface area contributed by atoms with Crippen molar-refractivity contribution in [2.24, 2.45) is 0 Å². The summed E-state index contributed by atoms with van der Waals surface area (Å²) in [7, 11) is 3.22. The summed E-state index contributed by atoms with van der Waals surface area (Å²) < 4.78 is 12.3. The number of methoxy groups -OCH3 is 2. The number of aromatic nitrogens is 2. The van der Waals surface area contributed by atoms with Gasteiger partial charge in [-0.1, -0.05) is 0 Å². The lowest BCUT2D eigenvalue weighted by molar-refractivity contribution is 0.277. The monoisotopic (exact) mass is 262 g/mol. The standard InChI is InChI=1S/C14H18N2O3/c1-18-13-5-4-11(10-14(13)19-2)12-6-8-16(15-12)7-3-9-17/h4-6,8,10,17H,3,7,9H2,1-2H3. The number of aliphatic hydroxyl groups is 1. The molecule has 1 aromatic heterocycles. The molecule has 0 saturated carbocycles. The number of aryl methyl sites for hydroxylation is 1. The predicted octanol–water partition coefficient (Wildman–Crippen LogP) is 1.95. The minimum atomic E-state index is 0.172. The van der Waals surface area contributed by atoms with E-state index in [1.54, 1.807) is 14.2 Å². The van der Waals surface area contributed by atoms with E-state index in [-0.39, 0.29) is 6.61 Å². The molecule has 0 bridgehead atoms. The van der Waals surface area contributed by atoms with Gasteiger partial charge in [-0.25, -0.2) is 0 Å². The average Bonchev–Trinajstić information content (AvgIpc) is 2.93. The highest BCUT2D eigenvalue weighted by atomic mass is 16.5. The molecule has 0 radical (unpaired) electrons. The Morgan fingerprint density at radius 3 is 2.63 bits per heavy atom. The lowest BCUT2D eigenvalue weighted by atomic mass is 10.1. The average molecular weight is 262 g/mol. The minimum Gasteiger partial charge on any atom is -0.493 e. The maximum atomic E-state index is 8.81. The minimum absolute atomic E-state index is 0.172. The van der Waals surface area contributed by atoms with Gasteiger partial charge in [0.1, 0.15) is 0 Å². The summed E-state index contributed by atoms with van der Waals surface area (Å²) in [6.07, 6.45) is 2.61. The van der Waals surface area contributed by atoms with Crippen LogP contribution in [-0.2, 0) is 6.54 Å². The summed E-state index contributed by atoms with van der Waals surface area (Å²) in [4.78, 5) is 0. The summed E-state index contributed by atoms with van der Waals surface area (Å²) >= 11 is 0. The SMILES string of the molecule is COc1ccc(-c2ccn(CCCO)n2)cc1OC. The van der Waals surface area contributed by atoms with E-state index in [1.165, 1.54) is 0 Å². The number of hydrogen-bond donors (Lipinski definition) is 1. The first kappa shape index (κ1) is 13.4. The van der Waals surface area contributed by atoms with E-state index in [9.17, 15) is 0 Å². The Hall–Kier alpha value is -2.01. The van der Waals surface area contributed by atoms with Crippen LogP contribution < -0.4 is 9.47 Å². The van der Waals surface area contributed by atoms with Gasteiger partial charge in [-0.05, 0) is 30.7 Å². The van der Waals surface area contributed by atoms with Crippen LogP contribution in [0.2, 0.25) is 0 Å². The summed E-state index contributed by atoms with van der Waals surface area (Å²) in [5.41, 5.74) is 1.85. The maximum Gasteiger partial charge on any atom is 0.161 e. The molecule has 1 heterocycles. The van der Waals surface area contributed by atoms with Gasteiger partial charge in [0.15, 0.2) is 11.5 Å². The van der Waals surface area contributed by atoms with Crippen molar-refractivity contribution in [2.75, 3.05) is 20.8 Å². The van der Waals surface area contributed by atoms with Crippen molar-refractivity contribution in [1.82, 2.24) is 9.78 Å². The van der Waals surface area contributed by atoms with Crippen LogP contribution in [-0.4, -0.2) is 35.7 Å². The van der Waals surface area contributed by atoms with Crippen molar-refractivity contribution in [3.05, 3.63) is 30.5 Å². The van der Waals surface area contributed by atoms with Crippen molar-refractivity contribution in [3.8, 4) is 22.8 Å². The second-order valence-corrected chi connectivity index (χ2v) is 4.11. The fraction of sp³-hybridized carbons (Fsp3) is 0.357. The van der Waals surface area contributed by atoms with Crippen molar-refractivity contribution in [1.29, 1.82) is 0 Å². The van der Waals surface area contributed by atoms with E-state index in [0.29, 0.717) is 24.5 Å². The Balaban J connectivity index is 2.23. The lowest BCUT2D eigenvalue weighted by Gasteiger charge is -2.08. The highest BCUT2D eigenvalue weighted by Gasteiger charge is 2.08. The van der Waals surface area contributed by atoms with Crippen molar-refractivity contribution >= 4 is 0 Å². The zero-order valence-corrected chi connectivity index (χ0v) is 11.2. The molecular weight excluding hydrogens is 244 g/mol. The first-order valence-electron chi connectivity index (χ1n) is 6.15. The molecule has 0 aliphatic heterocycles. The molecule has 5 heteroatoms. The van der Waals surface area contributed by atoms with Crippen LogP contribution in [0.3, 0.4) is 0 Å². The van der Waals surface area contributed by atoms with Gasteiger partial charge < -0.3 is 14.6 Å². The van der Waals surface area contributed by atoms with Crippen LogP contribution in [0.25, 0.3) is 11.3 Å². The van der Waals surface area contributed by atoms with E-state index in [0.717, 1.165) is 11.3 Å². The largest absolute Gasteiger partial charge is 0.493 e. The van der Waals surface area contributed by atoms with Crippen LogP contribution >= 0.6 is 0 Å². The summed E-state index contributed by atoms with van der Waals surface area (Å²) in [6.45, 7) is 0.884. The fourth-order valence-electron chi connectivity index (χ4n) is 1.87. The van der Waals surface area contributed by atoms with Crippen LogP contribution in [0.1, 0.15) is 6.42 Å². The molecule has 0 unspecified atom stereocenters. The third kappa shape index (κ3) is 3.06. The molecule has 0 amide bonds. The number of hydrogen-bond acceptors (Lipinski definition) is 4. The van der Waals surface area contributed by atoms with Gasteiger partial charge in [0.2, 0.25) is 0 Å². The third-order valence-electron chi connectivity index (χ3n) is 2.87. The van der Waals surface area contributed by atoms with Gasteiger partial charge >= 0.3 is 0 Å². The second-order valence-electron chi connectivity index (χ2n) is 4.11. The molecule has 1 N–H and O–H groups in total. The number of benzene rings is 1. The fourth-order valence-corrected chi connectivity index (χ4v) is 1.87. The highest BCUT2D eigenvalue weighted by molar-refractivity contribution is 5.63. The molecule has 2 aromatic rings. The zero-order valence-electron chi connectivity index (χ0n) is 11.2. The molecule has 0 aliphatic carbocycles. The Bertz CT molecular complexity index is 537. The van der Waals surface area contributed by atoms with Crippen molar-refractivity contribution in [2.45, 2.75) is 13.0 Å².